The number of halogens is 2. The minimum atomic E-state index is -0.133. The number of carbonyl (C=O) groups is 1. The van der Waals surface area contributed by atoms with Gasteiger partial charge in [0, 0.05) is 18.2 Å². The highest BCUT2D eigenvalue weighted by atomic mass is 35.5. The fraction of sp³-hybridized carbons (Fsp3) is 0.611. The van der Waals surface area contributed by atoms with Crippen molar-refractivity contribution in [1.82, 2.24) is 10.6 Å². The van der Waals surface area contributed by atoms with Gasteiger partial charge in [-0.1, -0.05) is 24.9 Å². The standard InChI is InChI=1S/C18H27ClN2O3.ClH/c1-3-5-9-24-17-15(19)10-13(11-16(17)23-4-2)18(22)21-14-7-6-8-20-12-14;/h10-11,14,20H,3-9,12H2,1-2H3,(H,21,22);1H. The monoisotopic (exact) mass is 390 g/mol. The minimum absolute atomic E-state index is 0. The van der Waals surface area contributed by atoms with Crippen LogP contribution in [0, 0.1) is 0 Å². The van der Waals surface area contributed by atoms with E-state index < -0.39 is 0 Å². The summed E-state index contributed by atoms with van der Waals surface area (Å²) in [6.07, 6.45) is 4.04. The van der Waals surface area contributed by atoms with E-state index in [4.69, 9.17) is 21.1 Å². The van der Waals surface area contributed by atoms with Crippen LogP contribution in [0.5, 0.6) is 11.5 Å². The molecule has 142 valence electrons. The Morgan fingerprint density at radius 2 is 2.16 bits per heavy atom. The predicted octanol–water partition coefficient (Wildman–Crippen LogP) is 3.82. The van der Waals surface area contributed by atoms with Crippen molar-refractivity contribution in [3.63, 3.8) is 0 Å². The molecule has 0 spiro atoms. The summed E-state index contributed by atoms with van der Waals surface area (Å²) in [5, 5.41) is 6.74. The number of unbranched alkanes of at least 4 members (excludes halogenated alkanes) is 1. The molecule has 1 saturated heterocycles. The normalized spacial score (nSPS) is 16.7. The van der Waals surface area contributed by atoms with Gasteiger partial charge in [0.2, 0.25) is 0 Å². The topological polar surface area (TPSA) is 59.6 Å². The lowest BCUT2D eigenvalue weighted by molar-refractivity contribution is 0.0930. The van der Waals surface area contributed by atoms with Crippen molar-refractivity contribution < 1.29 is 14.3 Å². The molecular formula is C18H28Cl2N2O3. The zero-order valence-corrected chi connectivity index (χ0v) is 16.5. The van der Waals surface area contributed by atoms with E-state index in [0.29, 0.717) is 35.3 Å². The van der Waals surface area contributed by atoms with Crippen molar-refractivity contribution >= 4 is 29.9 Å². The predicted molar refractivity (Wildman–Crippen MR) is 104 cm³/mol. The maximum atomic E-state index is 12.5. The molecule has 5 nitrogen and oxygen atoms in total. The summed E-state index contributed by atoms with van der Waals surface area (Å²) in [5.41, 5.74) is 0.497. The van der Waals surface area contributed by atoms with Gasteiger partial charge in [-0.05, 0) is 44.9 Å². The summed E-state index contributed by atoms with van der Waals surface area (Å²) in [4.78, 5) is 12.5. The Kier molecular flexibility index (Phi) is 10.0. The molecule has 0 radical (unpaired) electrons. The molecule has 7 heteroatoms. The third-order valence-electron chi connectivity index (χ3n) is 3.95. The molecule has 1 aliphatic rings. The van der Waals surface area contributed by atoms with E-state index in [2.05, 4.69) is 17.6 Å². The molecule has 25 heavy (non-hydrogen) atoms. The maximum absolute atomic E-state index is 12.5. The molecule has 1 aromatic rings. The van der Waals surface area contributed by atoms with Crippen LogP contribution in [-0.4, -0.2) is 38.3 Å². The van der Waals surface area contributed by atoms with Crippen LogP contribution in [0.2, 0.25) is 5.02 Å². The average Bonchev–Trinajstić information content (AvgIpc) is 2.58. The number of rotatable bonds is 8. The van der Waals surface area contributed by atoms with Crippen molar-refractivity contribution in [3.8, 4) is 11.5 Å². The van der Waals surface area contributed by atoms with E-state index >= 15 is 0 Å². The van der Waals surface area contributed by atoms with Crippen molar-refractivity contribution in [2.24, 2.45) is 0 Å². The van der Waals surface area contributed by atoms with Gasteiger partial charge < -0.3 is 20.1 Å². The zero-order chi connectivity index (χ0) is 17.4. The first-order valence-electron chi connectivity index (χ1n) is 8.76. The number of hydrogen-bond donors (Lipinski definition) is 2. The first-order valence-corrected chi connectivity index (χ1v) is 9.14. The van der Waals surface area contributed by atoms with Gasteiger partial charge in [-0.15, -0.1) is 12.4 Å². The molecule has 2 rings (SSSR count). The van der Waals surface area contributed by atoms with Crippen molar-refractivity contribution in [1.29, 1.82) is 0 Å². The van der Waals surface area contributed by atoms with Crippen LogP contribution in [-0.2, 0) is 0 Å². The quantitative estimate of drug-likeness (QED) is 0.662. The van der Waals surface area contributed by atoms with E-state index in [1.807, 2.05) is 6.92 Å². The highest BCUT2D eigenvalue weighted by molar-refractivity contribution is 6.32. The molecule has 0 bridgehead atoms. The van der Waals surface area contributed by atoms with Crippen LogP contribution in [0.3, 0.4) is 0 Å². The Bertz CT molecular complexity index is 549. The second kappa shape index (κ2) is 11.4. The fourth-order valence-corrected chi connectivity index (χ4v) is 2.93. The SMILES string of the molecule is CCCCOc1c(Cl)cc(C(=O)NC2CCCNC2)cc1OCC.Cl. The number of benzene rings is 1. The molecular weight excluding hydrogens is 363 g/mol. The van der Waals surface area contributed by atoms with E-state index in [9.17, 15) is 4.79 Å². The molecule has 1 heterocycles. The Balaban J connectivity index is 0.00000312. The summed E-state index contributed by atoms with van der Waals surface area (Å²) < 4.78 is 11.4. The largest absolute Gasteiger partial charge is 0.490 e. The molecule has 0 aromatic heterocycles. The van der Waals surface area contributed by atoms with Crippen LogP contribution >= 0.6 is 24.0 Å². The third kappa shape index (κ3) is 6.57. The summed E-state index contributed by atoms with van der Waals surface area (Å²) in [7, 11) is 0. The van der Waals surface area contributed by atoms with Crippen molar-refractivity contribution in [2.45, 2.75) is 45.6 Å². The summed E-state index contributed by atoms with van der Waals surface area (Å²) in [5.74, 6) is 0.905. The summed E-state index contributed by atoms with van der Waals surface area (Å²) in [6.45, 7) is 6.87. The maximum Gasteiger partial charge on any atom is 0.251 e. The first kappa shape index (κ1) is 21.9. The Labute approximate surface area is 161 Å². The van der Waals surface area contributed by atoms with Crippen molar-refractivity contribution in [2.75, 3.05) is 26.3 Å². The number of ether oxygens (including phenoxy) is 2. The Hall–Kier alpha value is -1.17. The second-order valence-corrected chi connectivity index (χ2v) is 6.34. The van der Waals surface area contributed by atoms with Gasteiger partial charge in [-0.2, -0.15) is 0 Å². The molecule has 1 amide bonds. The van der Waals surface area contributed by atoms with E-state index in [1.165, 1.54) is 0 Å². The zero-order valence-electron chi connectivity index (χ0n) is 14.9. The van der Waals surface area contributed by atoms with Crippen LogP contribution in [0.25, 0.3) is 0 Å². The highest BCUT2D eigenvalue weighted by Crippen LogP contribution is 2.37. The van der Waals surface area contributed by atoms with E-state index in [0.717, 1.165) is 38.8 Å². The molecule has 0 aliphatic carbocycles. The number of hydrogen-bond acceptors (Lipinski definition) is 4. The van der Waals surface area contributed by atoms with Gasteiger partial charge in [-0.25, -0.2) is 0 Å². The van der Waals surface area contributed by atoms with Gasteiger partial charge in [0.25, 0.3) is 5.91 Å². The molecule has 1 aromatic carbocycles. The molecule has 0 saturated carbocycles. The molecule has 1 fully saturated rings. The summed E-state index contributed by atoms with van der Waals surface area (Å²) in [6, 6.07) is 3.51. The number of piperidine rings is 1. The van der Waals surface area contributed by atoms with Crippen molar-refractivity contribution in [3.05, 3.63) is 22.7 Å². The molecule has 1 unspecified atom stereocenters. The van der Waals surface area contributed by atoms with Crippen LogP contribution < -0.4 is 20.1 Å². The molecule has 1 aliphatic heterocycles. The number of nitrogens with one attached hydrogen (secondary N) is 2. The first-order chi connectivity index (χ1) is 11.7. The van der Waals surface area contributed by atoms with Crippen LogP contribution in [0.1, 0.15) is 49.9 Å². The number of amides is 1. The van der Waals surface area contributed by atoms with Crippen LogP contribution in [0.15, 0.2) is 12.1 Å². The van der Waals surface area contributed by atoms with E-state index in [-0.39, 0.29) is 24.4 Å². The Morgan fingerprint density at radius 1 is 1.36 bits per heavy atom. The molecule has 2 N–H and O–H groups in total. The summed E-state index contributed by atoms with van der Waals surface area (Å²) >= 11 is 6.34. The third-order valence-corrected chi connectivity index (χ3v) is 4.23. The van der Waals surface area contributed by atoms with E-state index in [1.54, 1.807) is 12.1 Å². The van der Waals surface area contributed by atoms with Gasteiger partial charge in [0.1, 0.15) is 0 Å². The lowest BCUT2D eigenvalue weighted by Gasteiger charge is -2.24. The highest BCUT2D eigenvalue weighted by Gasteiger charge is 2.20. The average molecular weight is 391 g/mol. The Morgan fingerprint density at radius 3 is 2.80 bits per heavy atom. The lowest BCUT2D eigenvalue weighted by atomic mass is 10.1. The van der Waals surface area contributed by atoms with Gasteiger partial charge in [0.15, 0.2) is 11.5 Å². The van der Waals surface area contributed by atoms with Crippen LogP contribution in [0.4, 0.5) is 0 Å². The lowest BCUT2D eigenvalue weighted by Crippen LogP contribution is -2.45. The van der Waals surface area contributed by atoms with Gasteiger partial charge in [0.05, 0.1) is 18.2 Å². The van der Waals surface area contributed by atoms with Gasteiger partial charge in [-0.3, -0.25) is 4.79 Å². The number of carbonyl (C=O) groups excluding carboxylic acids is 1. The fourth-order valence-electron chi connectivity index (χ4n) is 2.66. The van der Waals surface area contributed by atoms with Gasteiger partial charge >= 0.3 is 0 Å². The molecule has 1 atom stereocenters. The minimum Gasteiger partial charge on any atom is -0.490 e. The second-order valence-electron chi connectivity index (χ2n) is 5.94. The smallest absolute Gasteiger partial charge is 0.251 e.